The summed E-state index contributed by atoms with van der Waals surface area (Å²) in [6.45, 7) is 0. The number of esters is 1. The molecule has 3 nitrogen and oxygen atoms in total. The van der Waals surface area contributed by atoms with Crippen LogP contribution in [0.25, 0.3) is 0 Å². The van der Waals surface area contributed by atoms with E-state index in [2.05, 4.69) is 0 Å². The smallest absolute Gasteiger partial charge is 0.343 e. The summed E-state index contributed by atoms with van der Waals surface area (Å²) >= 11 is 0. The van der Waals surface area contributed by atoms with Crippen molar-refractivity contribution in [3.63, 3.8) is 0 Å². The molecule has 3 rings (SSSR count). The molecular weight excluding hydrogens is 228 g/mol. The highest BCUT2D eigenvalue weighted by Gasteiger charge is 2.47. The summed E-state index contributed by atoms with van der Waals surface area (Å²) in [5.74, 6) is 0.208. The molecule has 0 bridgehead atoms. The van der Waals surface area contributed by atoms with Crippen molar-refractivity contribution in [2.75, 3.05) is 0 Å². The van der Waals surface area contributed by atoms with Gasteiger partial charge in [-0.25, -0.2) is 4.79 Å². The Labute approximate surface area is 105 Å². The third-order valence-corrected chi connectivity index (χ3v) is 2.81. The Kier molecular flexibility index (Phi) is 2.82. The van der Waals surface area contributed by atoms with Crippen molar-refractivity contribution >= 4 is 5.97 Å². The number of hydrogen-bond acceptors (Lipinski definition) is 3. The minimum Gasteiger partial charge on any atom is -0.425 e. The van der Waals surface area contributed by atoms with Crippen LogP contribution in [0.1, 0.15) is 11.7 Å². The van der Waals surface area contributed by atoms with Gasteiger partial charge in [-0.2, -0.15) is 0 Å². The molecule has 2 aromatic rings. The van der Waals surface area contributed by atoms with Crippen LogP contribution in [0.4, 0.5) is 0 Å². The molecule has 0 radical (unpaired) electrons. The second-order valence-electron chi connectivity index (χ2n) is 4.12. The lowest BCUT2D eigenvalue weighted by Crippen LogP contribution is -2.15. The number of para-hydroxylation sites is 1. The van der Waals surface area contributed by atoms with E-state index in [0.717, 1.165) is 5.56 Å². The fourth-order valence-corrected chi connectivity index (χ4v) is 1.85. The van der Waals surface area contributed by atoms with E-state index in [1.165, 1.54) is 0 Å². The zero-order valence-electron chi connectivity index (χ0n) is 9.65. The van der Waals surface area contributed by atoms with Gasteiger partial charge in [0.15, 0.2) is 6.10 Å². The van der Waals surface area contributed by atoms with Gasteiger partial charge in [0.2, 0.25) is 0 Å². The predicted octanol–water partition coefficient (Wildman–Crippen LogP) is 2.73. The quantitative estimate of drug-likeness (QED) is 0.470. The fourth-order valence-electron chi connectivity index (χ4n) is 1.85. The van der Waals surface area contributed by atoms with E-state index in [1.54, 1.807) is 12.1 Å². The van der Waals surface area contributed by atoms with Crippen LogP contribution in [0.2, 0.25) is 0 Å². The number of carbonyl (C=O) groups excluding carboxylic acids is 1. The van der Waals surface area contributed by atoms with E-state index in [0.29, 0.717) is 5.75 Å². The SMILES string of the molecule is O=C(Oc1ccccc1)C1OC1c1ccccc1. The molecule has 0 aliphatic carbocycles. The van der Waals surface area contributed by atoms with Crippen molar-refractivity contribution in [1.82, 2.24) is 0 Å². The molecule has 0 aromatic heterocycles. The molecule has 1 fully saturated rings. The van der Waals surface area contributed by atoms with Crippen molar-refractivity contribution in [1.29, 1.82) is 0 Å². The molecule has 0 amide bonds. The number of epoxide rings is 1. The van der Waals surface area contributed by atoms with Crippen LogP contribution in [0, 0.1) is 0 Å². The topological polar surface area (TPSA) is 38.8 Å². The lowest BCUT2D eigenvalue weighted by Gasteiger charge is -2.01. The standard InChI is InChI=1S/C15H12O3/c16-15(17-12-9-5-2-6-10-12)14-13(18-14)11-7-3-1-4-8-11/h1-10,13-14H. The van der Waals surface area contributed by atoms with Gasteiger partial charge < -0.3 is 9.47 Å². The molecule has 3 heteroatoms. The van der Waals surface area contributed by atoms with Gasteiger partial charge in [0, 0.05) is 0 Å². The second kappa shape index (κ2) is 4.63. The third-order valence-electron chi connectivity index (χ3n) is 2.81. The zero-order chi connectivity index (χ0) is 12.4. The highest BCUT2D eigenvalue weighted by atomic mass is 16.6. The molecule has 0 spiro atoms. The van der Waals surface area contributed by atoms with Crippen molar-refractivity contribution in [2.24, 2.45) is 0 Å². The minimum absolute atomic E-state index is 0.164. The average Bonchev–Trinajstić information content (AvgIpc) is 3.21. The van der Waals surface area contributed by atoms with E-state index in [1.807, 2.05) is 48.5 Å². The van der Waals surface area contributed by atoms with Crippen LogP contribution in [0.15, 0.2) is 60.7 Å². The average molecular weight is 240 g/mol. The van der Waals surface area contributed by atoms with Gasteiger partial charge in [-0.15, -0.1) is 0 Å². The van der Waals surface area contributed by atoms with E-state index in [9.17, 15) is 4.79 Å². The molecule has 1 aliphatic heterocycles. The van der Waals surface area contributed by atoms with Gasteiger partial charge in [0.25, 0.3) is 0 Å². The normalized spacial score (nSPS) is 21.3. The maximum Gasteiger partial charge on any atom is 0.343 e. The molecule has 90 valence electrons. The maximum absolute atomic E-state index is 11.8. The maximum atomic E-state index is 11.8. The van der Waals surface area contributed by atoms with Crippen LogP contribution in [-0.2, 0) is 9.53 Å². The Bertz CT molecular complexity index is 536. The molecule has 1 aliphatic rings. The first-order valence-electron chi connectivity index (χ1n) is 5.82. The predicted molar refractivity (Wildman–Crippen MR) is 66.1 cm³/mol. The van der Waals surface area contributed by atoms with Crippen molar-refractivity contribution in [3.05, 3.63) is 66.2 Å². The Morgan fingerprint density at radius 2 is 1.56 bits per heavy atom. The number of benzene rings is 2. The molecule has 0 N–H and O–H groups in total. The number of carbonyl (C=O) groups is 1. The Morgan fingerprint density at radius 1 is 0.944 bits per heavy atom. The van der Waals surface area contributed by atoms with Crippen LogP contribution >= 0.6 is 0 Å². The van der Waals surface area contributed by atoms with Gasteiger partial charge in [-0.1, -0.05) is 48.5 Å². The summed E-state index contributed by atoms with van der Waals surface area (Å²) in [5.41, 5.74) is 1.01. The minimum atomic E-state index is -0.479. The summed E-state index contributed by atoms with van der Waals surface area (Å²) in [6, 6.07) is 18.7. The molecule has 2 unspecified atom stereocenters. The van der Waals surface area contributed by atoms with Gasteiger partial charge in [-0.05, 0) is 17.7 Å². The monoisotopic (exact) mass is 240 g/mol. The molecule has 0 saturated carbocycles. The zero-order valence-corrected chi connectivity index (χ0v) is 9.65. The fraction of sp³-hybridized carbons (Fsp3) is 0.133. The summed E-state index contributed by atoms with van der Waals surface area (Å²) in [7, 11) is 0. The van der Waals surface area contributed by atoms with Crippen molar-refractivity contribution in [2.45, 2.75) is 12.2 Å². The van der Waals surface area contributed by atoms with Crippen molar-refractivity contribution in [3.8, 4) is 5.75 Å². The second-order valence-corrected chi connectivity index (χ2v) is 4.12. The van der Waals surface area contributed by atoms with E-state index < -0.39 is 6.10 Å². The summed E-state index contributed by atoms with van der Waals surface area (Å²) in [5, 5.41) is 0. The summed E-state index contributed by atoms with van der Waals surface area (Å²) < 4.78 is 10.6. The first-order chi connectivity index (χ1) is 8.84. The Hall–Kier alpha value is -2.13. The van der Waals surface area contributed by atoms with Crippen LogP contribution in [0.3, 0.4) is 0 Å². The van der Waals surface area contributed by atoms with Crippen LogP contribution < -0.4 is 4.74 Å². The first-order valence-corrected chi connectivity index (χ1v) is 5.82. The molecular formula is C15H12O3. The van der Waals surface area contributed by atoms with E-state index in [-0.39, 0.29) is 12.1 Å². The Balaban J connectivity index is 1.63. The van der Waals surface area contributed by atoms with Gasteiger partial charge >= 0.3 is 5.97 Å². The van der Waals surface area contributed by atoms with Crippen molar-refractivity contribution < 1.29 is 14.3 Å². The molecule has 2 aromatic carbocycles. The largest absolute Gasteiger partial charge is 0.425 e. The van der Waals surface area contributed by atoms with Gasteiger partial charge in [-0.3, -0.25) is 0 Å². The molecule has 1 saturated heterocycles. The van der Waals surface area contributed by atoms with E-state index in [4.69, 9.17) is 9.47 Å². The lowest BCUT2D eigenvalue weighted by molar-refractivity contribution is -0.135. The highest BCUT2D eigenvalue weighted by Crippen LogP contribution is 2.39. The summed E-state index contributed by atoms with van der Waals surface area (Å²) in [4.78, 5) is 11.8. The number of ether oxygens (including phenoxy) is 2. The molecule has 1 heterocycles. The molecule has 2 atom stereocenters. The number of hydrogen-bond donors (Lipinski definition) is 0. The lowest BCUT2D eigenvalue weighted by atomic mass is 10.1. The Morgan fingerprint density at radius 3 is 2.22 bits per heavy atom. The van der Waals surface area contributed by atoms with Crippen LogP contribution in [-0.4, -0.2) is 12.1 Å². The number of rotatable bonds is 3. The summed E-state index contributed by atoms with van der Waals surface area (Å²) in [6.07, 6.45) is -0.644. The first kappa shape index (κ1) is 11.0. The van der Waals surface area contributed by atoms with Gasteiger partial charge in [0.05, 0.1) is 0 Å². The van der Waals surface area contributed by atoms with E-state index >= 15 is 0 Å². The van der Waals surface area contributed by atoms with Crippen LogP contribution in [0.5, 0.6) is 5.75 Å². The van der Waals surface area contributed by atoms with Gasteiger partial charge in [0.1, 0.15) is 11.9 Å². The molecule has 18 heavy (non-hydrogen) atoms. The highest BCUT2D eigenvalue weighted by molar-refractivity contribution is 5.80. The third kappa shape index (κ3) is 2.26.